The second-order valence-corrected chi connectivity index (χ2v) is 5.67. The number of carbonyl (C=O) groups is 1. The smallest absolute Gasteiger partial charge is 0.119 e. The molecule has 0 aliphatic heterocycles. The van der Waals surface area contributed by atoms with E-state index in [2.05, 4.69) is 43.9 Å². The Kier molecular flexibility index (Phi) is 16.0. The normalized spacial score (nSPS) is 13.0. The van der Waals surface area contributed by atoms with Crippen molar-refractivity contribution < 1.29 is 4.79 Å². The van der Waals surface area contributed by atoms with Crippen LogP contribution in [-0.2, 0) is 4.79 Å². The molecule has 0 fully saturated rings. The third-order valence-corrected chi connectivity index (χ3v) is 3.86. The van der Waals surface area contributed by atoms with E-state index in [0.29, 0.717) is 5.92 Å². The van der Waals surface area contributed by atoms with E-state index in [1.54, 1.807) is 0 Å². The van der Waals surface area contributed by atoms with Crippen LogP contribution in [0.15, 0.2) is 37.0 Å². The summed E-state index contributed by atoms with van der Waals surface area (Å²) in [5.41, 5.74) is 0. The van der Waals surface area contributed by atoms with Gasteiger partial charge in [0.05, 0.1) is 0 Å². The third kappa shape index (κ3) is 15.1. The minimum Gasteiger partial charge on any atom is -0.303 e. The molecule has 0 amide bonds. The van der Waals surface area contributed by atoms with Crippen LogP contribution in [0.4, 0.5) is 0 Å². The van der Waals surface area contributed by atoms with Crippen molar-refractivity contribution in [2.45, 2.75) is 77.6 Å². The maximum atomic E-state index is 10.2. The van der Waals surface area contributed by atoms with Gasteiger partial charge in [-0.05, 0) is 50.9 Å². The Hall–Kier alpha value is -1.11. The molecule has 0 aliphatic carbocycles. The van der Waals surface area contributed by atoms with Gasteiger partial charge in [-0.3, -0.25) is 0 Å². The summed E-state index contributed by atoms with van der Waals surface area (Å²) >= 11 is 0. The Morgan fingerprint density at radius 1 is 0.857 bits per heavy atom. The molecule has 0 aromatic heterocycles. The molecule has 0 aromatic rings. The lowest BCUT2D eigenvalue weighted by Gasteiger charge is -2.05. The topological polar surface area (TPSA) is 17.1 Å². The quantitative estimate of drug-likeness (QED) is 0.193. The molecular weight excluding hydrogens is 256 g/mol. The van der Waals surface area contributed by atoms with Crippen LogP contribution in [0.25, 0.3) is 0 Å². The molecule has 0 aromatic carbocycles. The lowest BCUT2D eigenvalue weighted by atomic mass is 10.0. The maximum absolute atomic E-state index is 10.2. The highest BCUT2D eigenvalue weighted by molar-refractivity contribution is 5.48. The summed E-state index contributed by atoms with van der Waals surface area (Å²) in [7, 11) is 0. The van der Waals surface area contributed by atoms with Crippen molar-refractivity contribution in [3.8, 4) is 0 Å². The molecule has 0 bridgehead atoms. The summed E-state index contributed by atoms with van der Waals surface area (Å²) < 4.78 is 0. The number of rotatable bonds is 15. The van der Waals surface area contributed by atoms with Crippen LogP contribution < -0.4 is 0 Å². The number of allylic oxidation sites excluding steroid dienone is 5. The summed E-state index contributed by atoms with van der Waals surface area (Å²) in [5.74, 6) is 0.678. The Morgan fingerprint density at radius 3 is 2.10 bits per heavy atom. The first-order chi connectivity index (χ1) is 10.3. The van der Waals surface area contributed by atoms with Crippen molar-refractivity contribution in [2.24, 2.45) is 5.92 Å². The molecule has 0 N–H and O–H groups in total. The highest BCUT2D eigenvalue weighted by Crippen LogP contribution is 2.12. The van der Waals surface area contributed by atoms with Gasteiger partial charge in [0, 0.05) is 6.42 Å². The Labute approximate surface area is 132 Å². The number of unbranched alkanes of at least 4 members (excludes halogenated alkanes) is 6. The van der Waals surface area contributed by atoms with Gasteiger partial charge < -0.3 is 4.79 Å². The molecule has 1 heteroatoms. The van der Waals surface area contributed by atoms with Crippen molar-refractivity contribution in [3.63, 3.8) is 0 Å². The van der Waals surface area contributed by atoms with Gasteiger partial charge in [0.15, 0.2) is 0 Å². The molecule has 1 unspecified atom stereocenters. The average Bonchev–Trinajstić information content (AvgIpc) is 2.51. The van der Waals surface area contributed by atoms with E-state index < -0.39 is 0 Å². The van der Waals surface area contributed by atoms with E-state index in [0.717, 1.165) is 25.5 Å². The van der Waals surface area contributed by atoms with Crippen LogP contribution in [0.5, 0.6) is 0 Å². The molecular formula is C20H34O. The van der Waals surface area contributed by atoms with Crippen LogP contribution in [0, 0.1) is 5.92 Å². The second kappa shape index (κ2) is 16.9. The van der Waals surface area contributed by atoms with Crippen molar-refractivity contribution >= 4 is 6.29 Å². The lowest BCUT2D eigenvalue weighted by Crippen LogP contribution is -1.91. The first kappa shape index (κ1) is 19.9. The summed E-state index contributed by atoms with van der Waals surface area (Å²) in [6, 6.07) is 0. The monoisotopic (exact) mass is 290 g/mol. The maximum Gasteiger partial charge on any atom is 0.119 e. The fourth-order valence-electron chi connectivity index (χ4n) is 2.33. The van der Waals surface area contributed by atoms with E-state index in [4.69, 9.17) is 0 Å². The fourth-order valence-corrected chi connectivity index (χ4v) is 2.33. The summed E-state index contributed by atoms with van der Waals surface area (Å²) in [6.07, 6.45) is 24.9. The van der Waals surface area contributed by atoms with Crippen LogP contribution >= 0.6 is 0 Å². The molecule has 0 saturated heterocycles. The van der Waals surface area contributed by atoms with Gasteiger partial charge in [-0.25, -0.2) is 0 Å². The standard InChI is InChI=1S/C20H34O/c1-3-20(4-2)18-16-14-12-10-8-6-5-7-9-11-13-15-17-19-21/h3,6,8,12,14,19-20H,1,4-5,7,9-11,13,15-18H2,2H3/b8-6-,14-12-. The predicted octanol–water partition coefficient (Wildman–Crippen LogP) is 6.41. The van der Waals surface area contributed by atoms with Crippen LogP contribution in [0.3, 0.4) is 0 Å². The molecule has 0 spiro atoms. The molecule has 21 heavy (non-hydrogen) atoms. The average molecular weight is 290 g/mol. The van der Waals surface area contributed by atoms with Gasteiger partial charge in [0.1, 0.15) is 6.29 Å². The van der Waals surface area contributed by atoms with Gasteiger partial charge >= 0.3 is 0 Å². The number of carbonyl (C=O) groups excluding carboxylic acids is 1. The van der Waals surface area contributed by atoms with Crippen molar-refractivity contribution in [1.82, 2.24) is 0 Å². The molecule has 0 rings (SSSR count). The Morgan fingerprint density at radius 2 is 1.48 bits per heavy atom. The molecule has 1 atom stereocenters. The van der Waals surface area contributed by atoms with E-state index >= 15 is 0 Å². The molecule has 0 radical (unpaired) electrons. The lowest BCUT2D eigenvalue weighted by molar-refractivity contribution is -0.107. The Bertz CT molecular complexity index is 288. The highest BCUT2D eigenvalue weighted by atomic mass is 16.1. The van der Waals surface area contributed by atoms with Crippen molar-refractivity contribution in [2.75, 3.05) is 0 Å². The minimum absolute atomic E-state index is 0.678. The molecule has 0 heterocycles. The van der Waals surface area contributed by atoms with Gasteiger partial charge in [-0.15, -0.1) is 6.58 Å². The molecule has 120 valence electrons. The zero-order valence-corrected chi connectivity index (χ0v) is 13.9. The first-order valence-corrected chi connectivity index (χ1v) is 8.71. The van der Waals surface area contributed by atoms with E-state index in [9.17, 15) is 4.79 Å². The zero-order chi connectivity index (χ0) is 15.6. The van der Waals surface area contributed by atoms with Gasteiger partial charge in [0.2, 0.25) is 0 Å². The predicted molar refractivity (Wildman–Crippen MR) is 94.5 cm³/mol. The summed E-state index contributed by atoms with van der Waals surface area (Å²) in [5, 5.41) is 0. The Balaban J connectivity index is 3.32. The number of hydrogen-bond acceptors (Lipinski definition) is 1. The first-order valence-electron chi connectivity index (χ1n) is 8.71. The molecule has 0 saturated carbocycles. The third-order valence-electron chi connectivity index (χ3n) is 3.86. The van der Waals surface area contributed by atoms with Crippen molar-refractivity contribution in [1.29, 1.82) is 0 Å². The highest BCUT2D eigenvalue weighted by Gasteiger charge is 1.97. The van der Waals surface area contributed by atoms with Gasteiger partial charge in [-0.2, -0.15) is 0 Å². The largest absolute Gasteiger partial charge is 0.303 e. The van der Waals surface area contributed by atoms with E-state index in [1.807, 2.05) is 0 Å². The number of hydrogen-bond donors (Lipinski definition) is 0. The molecule has 0 aliphatic rings. The van der Waals surface area contributed by atoms with Crippen LogP contribution in [-0.4, -0.2) is 6.29 Å². The fraction of sp³-hybridized carbons (Fsp3) is 0.650. The summed E-state index contributed by atoms with van der Waals surface area (Å²) in [6.45, 7) is 6.09. The van der Waals surface area contributed by atoms with Crippen LogP contribution in [0.1, 0.15) is 77.6 Å². The second-order valence-electron chi connectivity index (χ2n) is 5.67. The number of aldehydes is 1. The summed E-state index contributed by atoms with van der Waals surface area (Å²) in [4.78, 5) is 10.2. The van der Waals surface area contributed by atoms with Gasteiger partial charge in [-0.1, -0.05) is 56.6 Å². The van der Waals surface area contributed by atoms with Crippen molar-refractivity contribution in [3.05, 3.63) is 37.0 Å². The van der Waals surface area contributed by atoms with E-state index in [-0.39, 0.29) is 0 Å². The minimum atomic E-state index is 0.678. The SMILES string of the molecule is C=CC(CC)CC/C=C\C/C=C\CCCCCCCC=O. The van der Waals surface area contributed by atoms with Crippen LogP contribution in [0.2, 0.25) is 0 Å². The zero-order valence-electron chi connectivity index (χ0n) is 13.9. The molecule has 1 nitrogen and oxygen atoms in total. The van der Waals surface area contributed by atoms with E-state index in [1.165, 1.54) is 51.4 Å². The van der Waals surface area contributed by atoms with Gasteiger partial charge in [0.25, 0.3) is 0 Å².